The van der Waals surface area contributed by atoms with Crippen LogP contribution in [0.25, 0.3) is 0 Å². The van der Waals surface area contributed by atoms with Crippen molar-refractivity contribution in [2.75, 3.05) is 13.1 Å². The van der Waals surface area contributed by atoms with Crippen molar-refractivity contribution in [2.45, 2.75) is 50.2 Å². The zero-order valence-electron chi connectivity index (χ0n) is 18.7. The normalized spacial score (nSPS) is 13.2. The highest BCUT2D eigenvalue weighted by atomic mass is 16.4. The summed E-state index contributed by atoms with van der Waals surface area (Å²) >= 11 is 0. The number of phenolic OH excluding ortho intramolecular Hbond substituents is 1. The molecule has 0 aliphatic carbocycles. The highest BCUT2D eigenvalue weighted by Gasteiger charge is 2.30. The van der Waals surface area contributed by atoms with E-state index in [1.807, 2.05) is 0 Å². The Hall–Kier alpha value is -3.71. The molecule has 1 aromatic carbocycles. The molecule has 0 radical (unpaired) electrons. The zero-order chi connectivity index (χ0) is 25.7. The van der Waals surface area contributed by atoms with Crippen molar-refractivity contribution in [1.29, 1.82) is 0 Å². The molecule has 11 N–H and O–H groups in total. The smallest absolute Gasteiger partial charge is 0.326 e. The summed E-state index contributed by atoms with van der Waals surface area (Å²) in [5.41, 5.74) is 16.5. The van der Waals surface area contributed by atoms with Crippen molar-refractivity contribution < 1.29 is 34.2 Å². The number of rotatable bonds is 15. The second-order valence-corrected chi connectivity index (χ2v) is 7.61. The van der Waals surface area contributed by atoms with Crippen LogP contribution in [0.5, 0.6) is 5.75 Å². The van der Waals surface area contributed by atoms with Crippen LogP contribution in [0.1, 0.15) is 31.2 Å². The van der Waals surface area contributed by atoms with E-state index >= 15 is 0 Å². The number of carboxylic acids is 1. The Morgan fingerprint density at radius 2 is 1.44 bits per heavy atom. The molecule has 0 aliphatic rings. The molecular weight excluding hydrogens is 448 g/mol. The van der Waals surface area contributed by atoms with Gasteiger partial charge in [0.15, 0.2) is 0 Å². The minimum absolute atomic E-state index is 0.0244. The van der Waals surface area contributed by atoms with Gasteiger partial charge in [-0.1, -0.05) is 12.1 Å². The number of phenols is 1. The fourth-order valence-electron chi connectivity index (χ4n) is 3.04. The number of amides is 4. The van der Waals surface area contributed by atoms with E-state index in [0.29, 0.717) is 24.9 Å². The molecule has 0 spiro atoms. The molecule has 3 atom stereocenters. The van der Waals surface area contributed by atoms with Crippen LogP contribution in [0.2, 0.25) is 0 Å². The van der Waals surface area contributed by atoms with Gasteiger partial charge in [-0.3, -0.25) is 19.2 Å². The number of aliphatic carboxylic acids is 1. The molecule has 0 bridgehead atoms. The fourth-order valence-corrected chi connectivity index (χ4v) is 3.04. The standard InChI is InChI=1S/C21H32N6O7/c22-8-2-1-3-14(19(31)27-16(21(33)34)10-17(24)29)26-20(32)15(25-18(30)11-23)9-12-4-6-13(28)7-5-12/h4-7,14-16,28H,1-3,8-11,22-23H2,(H2,24,29)(H,25,30)(H,26,32)(H,27,31)(H,33,34). The van der Waals surface area contributed by atoms with Gasteiger partial charge in [0.25, 0.3) is 0 Å². The minimum Gasteiger partial charge on any atom is -0.508 e. The number of hydrogen-bond donors (Lipinski definition) is 8. The quantitative estimate of drug-likeness (QED) is 0.123. The maximum Gasteiger partial charge on any atom is 0.326 e. The van der Waals surface area contributed by atoms with Crippen molar-refractivity contribution in [3.8, 4) is 5.75 Å². The number of nitrogens with two attached hydrogens (primary N) is 3. The predicted molar refractivity (Wildman–Crippen MR) is 121 cm³/mol. The monoisotopic (exact) mass is 480 g/mol. The van der Waals surface area contributed by atoms with Gasteiger partial charge < -0.3 is 43.4 Å². The lowest BCUT2D eigenvalue weighted by Crippen LogP contribution is -2.57. The number of carbonyl (C=O) groups excluding carboxylic acids is 4. The van der Waals surface area contributed by atoms with E-state index in [9.17, 15) is 34.2 Å². The van der Waals surface area contributed by atoms with Gasteiger partial charge >= 0.3 is 5.97 Å². The molecule has 188 valence electrons. The number of hydrogen-bond acceptors (Lipinski definition) is 8. The van der Waals surface area contributed by atoms with Gasteiger partial charge in [0.05, 0.1) is 13.0 Å². The van der Waals surface area contributed by atoms with Crippen LogP contribution in [-0.4, -0.2) is 71.0 Å². The van der Waals surface area contributed by atoms with Gasteiger partial charge in [0, 0.05) is 6.42 Å². The molecule has 13 nitrogen and oxygen atoms in total. The van der Waals surface area contributed by atoms with Crippen LogP contribution in [0, 0.1) is 0 Å². The Labute approximate surface area is 196 Å². The highest BCUT2D eigenvalue weighted by molar-refractivity contribution is 5.94. The Balaban J connectivity index is 3.04. The van der Waals surface area contributed by atoms with Crippen molar-refractivity contribution in [3.63, 3.8) is 0 Å². The van der Waals surface area contributed by atoms with E-state index in [-0.39, 0.29) is 25.1 Å². The third kappa shape index (κ3) is 10.3. The Bertz CT molecular complexity index is 862. The average Bonchev–Trinajstić information content (AvgIpc) is 2.78. The molecule has 1 rings (SSSR count). The molecular formula is C21H32N6O7. The van der Waals surface area contributed by atoms with E-state index in [4.69, 9.17) is 17.2 Å². The first-order valence-corrected chi connectivity index (χ1v) is 10.7. The Morgan fingerprint density at radius 3 is 1.97 bits per heavy atom. The second-order valence-electron chi connectivity index (χ2n) is 7.61. The Morgan fingerprint density at radius 1 is 0.853 bits per heavy atom. The van der Waals surface area contributed by atoms with E-state index in [0.717, 1.165) is 0 Å². The van der Waals surface area contributed by atoms with Crippen molar-refractivity contribution >= 4 is 29.6 Å². The third-order valence-corrected chi connectivity index (χ3v) is 4.81. The Kier molecular flexibility index (Phi) is 12.0. The number of carbonyl (C=O) groups is 5. The molecule has 3 unspecified atom stereocenters. The van der Waals surface area contributed by atoms with Gasteiger partial charge in [-0.05, 0) is 43.5 Å². The first-order chi connectivity index (χ1) is 16.1. The third-order valence-electron chi connectivity index (χ3n) is 4.81. The van der Waals surface area contributed by atoms with Crippen LogP contribution in [0.4, 0.5) is 0 Å². The molecule has 0 heterocycles. The van der Waals surface area contributed by atoms with E-state index in [1.54, 1.807) is 12.1 Å². The number of unbranched alkanes of at least 4 members (excludes halogenated alkanes) is 1. The van der Waals surface area contributed by atoms with Crippen LogP contribution in [0.15, 0.2) is 24.3 Å². The molecule has 1 aromatic rings. The summed E-state index contributed by atoms with van der Waals surface area (Å²) < 4.78 is 0. The topological polar surface area (TPSA) is 240 Å². The van der Waals surface area contributed by atoms with Gasteiger partial charge in [-0.15, -0.1) is 0 Å². The van der Waals surface area contributed by atoms with Crippen LogP contribution >= 0.6 is 0 Å². The molecule has 34 heavy (non-hydrogen) atoms. The highest BCUT2D eigenvalue weighted by Crippen LogP contribution is 2.12. The minimum atomic E-state index is -1.57. The van der Waals surface area contributed by atoms with Crippen LogP contribution in [0.3, 0.4) is 0 Å². The predicted octanol–water partition coefficient (Wildman–Crippen LogP) is -2.56. The lowest BCUT2D eigenvalue weighted by molar-refractivity contribution is -0.143. The number of benzene rings is 1. The molecule has 4 amide bonds. The summed E-state index contributed by atoms with van der Waals surface area (Å²) in [5.74, 6) is -4.49. The first-order valence-electron chi connectivity index (χ1n) is 10.7. The maximum atomic E-state index is 13.0. The van der Waals surface area contributed by atoms with Crippen molar-refractivity contribution in [3.05, 3.63) is 29.8 Å². The first kappa shape index (κ1) is 28.3. The zero-order valence-corrected chi connectivity index (χ0v) is 18.7. The van der Waals surface area contributed by atoms with Crippen molar-refractivity contribution in [1.82, 2.24) is 16.0 Å². The second kappa shape index (κ2) is 14.4. The summed E-state index contributed by atoms with van der Waals surface area (Å²) in [6.07, 6.45) is 0.536. The fraction of sp³-hybridized carbons (Fsp3) is 0.476. The number of carboxylic acid groups (broad SMARTS) is 1. The largest absolute Gasteiger partial charge is 0.508 e. The molecule has 0 aliphatic heterocycles. The summed E-state index contributed by atoms with van der Waals surface area (Å²) in [7, 11) is 0. The average molecular weight is 481 g/mol. The molecule has 13 heteroatoms. The van der Waals surface area contributed by atoms with Gasteiger partial charge in [0.1, 0.15) is 23.9 Å². The van der Waals surface area contributed by atoms with Crippen LogP contribution in [-0.2, 0) is 30.4 Å². The summed E-state index contributed by atoms with van der Waals surface area (Å²) in [6.45, 7) is -0.0229. The van der Waals surface area contributed by atoms with Gasteiger partial charge in [-0.2, -0.15) is 0 Å². The SMILES string of the molecule is NCCCCC(NC(=O)C(Cc1ccc(O)cc1)NC(=O)CN)C(=O)NC(CC(N)=O)C(=O)O. The lowest BCUT2D eigenvalue weighted by Gasteiger charge is -2.24. The summed E-state index contributed by atoms with van der Waals surface area (Å²) in [5, 5.41) is 25.9. The molecule has 0 aromatic heterocycles. The molecule has 0 saturated heterocycles. The van der Waals surface area contributed by atoms with Gasteiger partial charge in [0.2, 0.25) is 23.6 Å². The number of aromatic hydroxyl groups is 1. The van der Waals surface area contributed by atoms with E-state index in [1.165, 1.54) is 12.1 Å². The lowest BCUT2D eigenvalue weighted by atomic mass is 10.0. The van der Waals surface area contributed by atoms with Crippen LogP contribution < -0.4 is 33.2 Å². The van der Waals surface area contributed by atoms with E-state index < -0.39 is 54.1 Å². The summed E-state index contributed by atoms with van der Waals surface area (Å²) in [4.78, 5) is 60.1. The van der Waals surface area contributed by atoms with Gasteiger partial charge in [-0.25, -0.2) is 4.79 Å². The van der Waals surface area contributed by atoms with E-state index in [2.05, 4.69) is 16.0 Å². The molecule has 0 fully saturated rings. The summed E-state index contributed by atoms with van der Waals surface area (Å²) in [6, 6.07) is 2.14. The maximum absolute atomic E-state index is 13.0. The number of nitrogens with one attached hydrogen (secondary N) is 3. The number of primary amides is 1. The molecule has 0 saturated carbocycles. The van der Waals surface area contributed by atoms with Crippen molar-refractivity contribution in [2.24, 2.45) is 17.2 Å².